The van der Waals surface area contributed by atoms with Crippen LogP contribution in [0.4, 0.5) is 0 Å². The highest BCUT2D eigenvalue weighted by atomic mass is 16.2. The maximum Gasteiger partial charge on any atom is 0.255 e. The van der Waals surface area contributed by atoms with Gasteiger partial charge in [-0.15, -0.1) is 0 Å². The van der Waals surface area contributed by atoms with E-state index in [0.29, 0.717) is 30.8 Å². The van der Waals surface area contributed by atoms with Gasteiger partial charge in [-0.2, -0.15) is 0 Å². The van der Waals surface area contributed by atoms with E-state index in [2.05, 4.69) is 16.8 Å². The summed E-state index contributed by atoms with van der Waals surface area (Å²) in [5, 5.41) is 0. The molecule has 1 aromatic heterocycles. The molecule has 0 radical (unpaired) electrons. The molecule has 0 atom stereocenters. The Morgan fingerprint density at radius 1 is 1.41 bits per heavy atom. The molecule has 17 heavy (non-hydrogen) atoms. The van der Waals surface area contributed by atoms with Gasteiger partial charge in [0.15, 0.2) is 0 Å². The lowest BCUT2D eigenvalue weighted by atomic mass is 10.2. The van der Waals surface area contributed by atoms with Gasteiger partial charge in [-0.3, -0.25) is 9.78 Å². The quantitative estimate of drug-likeness (QED) is 0.785. The zero-order valence-electron chi connectivity index (χ0n) is 10.2. The Morgan fingerprint density at radius 3 is 2.71 bits per heavy atom. The number of carbonyl (C=O) groups excluding carboxylic acids is 1. The van der Waals surface area contributed by atoms with Crippen LogP contribution in [0, 0.1) is 11.8 Å². The molecule has 4 nitrogen and oxygen atoms in total. The van der Waals surface area contributed by atoms with Gasteiger partial charge < -0.3 is 10.6 Å². The van der Waals surface area contributed by atoms with Gasteiger partial charge in [0.05, 0.1) is 12.1 Å². The van der Waals surface area contributed by atoms with Crippen LogP contribution in [-0.4, -0.2) is 35.4 Å². The molecular weight excluding hydrogens is 214 g/mol. The van der Waals surface area contributed by atoms with Crippen molar-refractivity contribution in [1.29, 1.82) is 0 Å². The number of hydrogen-bond acceptors (Lipinski definition) is 3. The summed E-state index contributed by atoms with van der Waals surface area (Å²) in [6, 6.07) is 1.75. The molecule has 2 N–H and O–H groups in total. The van der Waals surface area contributed by atoms with Crippen LogP contribution >= 0.6 is 0 Å². The molecule has 0 aliphatic rings. The van der Waals surface area contributed by atoms with E-state index in [1.54, 1.807) is 23.4 Å². The third kappa shape index (κ3) is 3.58. The molecule has 0 saturated heterocycles. The molecule has 0 aromatic carbocycles. The van der Waals surface area contributed by atoms with Gasteiger partial charge in [0.25, 0.3) is 5.91 Å². The second-order valence-electron chi connectivity index (χ2n) is 3.45. The Balaban J connectivity index is 2.95. The van der Waals surface area contributed by atoms with Crippen molar-refractivity contribution in [3.05, 3.63) is 29.6 Å². The fourth-order valence-corrected chi connectivity index (χ4v) is 1.47. The Labute approximate surface area is 102 Å². The summed E-state index contributed by atoms with van der Waals surface area (Å²) in [7, 11) is 0. The summed E-state index contributed by atoms with van der Waals surface area (Å²) >= 11 is 0. The normalized spacial score (nSPS) is 9.35. The molecule has 1 aromatic rings. The minimum Gasteiger partial charge on any atom is -0.339 e. The summed E-state index contributed by atoms with van der Waals surface area (Å²) in [6.07, 6.45) is 3.19. The highest BCUT2D eigenvalue weighted by Crippen LogP contribution is 2.05. The van der Waals surface area contributed by atoms with Crippen LogP contribution in [-0.2, 0) is 0 Å². The summed E-state index contributed by atoms with van der Waals surface area (Å²) in [6.45, 7) is 5.58. The zero-order chi connectivity index (χ0) is 12.7. The van der Waals surface area contributed by atoms with Gasteiger partial charge in [-0.1, -0.05) is 11.8 Å². The maximum absolute atomic E-state index is 12.0. The van der Waals surface area contributed by atoms with Crippen LogP contribution in [0.1, 0.15) is 29.8 Å². The van der Waals surface area contributed by atoms with Crippen molar-refractivity contribution >= 4 is 5.91 Å². The van der Waals surface area contributed by atoms with Crippen LogP contribution < -0.4 is 5.73 Å². The SMILES string of the molecule is CCN(CC)C(=O)c1cncc(C#CCN)c1. The molecule has 0 aliphatic carbocycles. The summed E-state index contributed by atoms with van der Waals surface area (Å²) < 4.78 is 0. The van der Waals surface area contributed by atoms with E-state index in [1.165, 1.54) is 0 Å². The van der Waals surface area contributed by atoms with Gasteiger partial charge in [-0.05, 0) is 19.9 Å². The van der Waals surface area contributed by atoms with Crippen LogP contribution in [0.5, 0.6) is 0 Å². The molecule has 1 rings (SSSR count). The van der Waals surface area contributed by atoms with E-state index in [0.717, 1.165) is 0 Å². The first kappa shape index (κ1) is 13.2. The lowest BCUT2D eigenvalue weighted by Crippen LogP contribution is -2.30. The van der Waals surface area contributed by atoms with Crippen molar-refractivity contribution in [2.45, 2.75) is 13.8 Å². The standard InChI is InChI=1S/C13H17N3O/c1-3-16(4-2)13(17)12-8-11(6-5-7-14)9-15-10-12/h8-10H,3-4,7,14H2,1-2H3. The molecule has 90 valence electrons. The molecule has 4 heteroatoms. The van der Waals surface area contributed by atoms with Crippen molar-refractivity contribution < 1.29 is 4.79 Å². The molecule has 0 fully saturated rings. The first-order chi connectivity index (χ1) is 8.22. The second-order valence-corrected chi connectivity index (χ2v) is 3.45. The zero-order valence-corrected chi connectivity index (χ0v) is 10.2. The van der Waals surface area contributed by atoms with Crippen molar-refractivity contribution in [2.75, 3.05) is 19.6 Å². The number of rotatable bonds is 3. The predicted octanol–water partition coefficient (Wildman–Crippen LogP) is 0.874. The van der Waals surface area contributed by atoms with Gasteiger partial charge in [0.1, 0.15) is 0 Å². The Morgan fingerprint density at radius 2 is 2.12 bits per heavy atom. The average molecular weight is 231 g/mol. The van der Waals surface area contributed by atoms with Gasteiger partial charge >= 0.3 is 0 Å². The van der Waals surface area contributed by atoms with E-state index >= 15 is 0 Å². The molecule has 0 spiro atoms. The van der Waals surface area contributed by atoms with Crippen LogP contribution in [0.3, 0.4) is 0 Å². The summed E-state index contributed by atoms with van der Waals surface area (Å²) in [5.74, 6) is 5.59. The van der Waals surface area contributed by atoms with Gasteiger partial charge in [-0.25, -0.2) is 0 Å². The highest BCUT2D eigenvalue weighted by molar-refractivity contribution is 5.94. The average Bonchev–Trinajstić information content (AvgIpc) is 2.38. The molecule has 0 bridgehead atoms. The first-order valence-corrected chi connectivity index (χ1v) is 5.66. The lowest BCUT2D eigenvalue weighted by molar-refractivity contribution is 0.0772. The van der Waals surface area contributed by atoms with Crippen molar-refractivity contribution in [3.63, 3.8) is 0 Å². The molecule has 0 saturated carbocycles. The molecule has 0 unspecified atom stereocenters. The lowest BCUT2D eigenvalue weighted by Gasteiger charge is -2.18. The topological polar surface area (TPSA) is 59.2 Å². The fourth-order valence-electron chi connectivity index (χ4n) is 1.47. The number of hydrogen-bond donors (Lipinski definition) is 1. The van der Waals surface area contributed by atoms with Crippen LogP contribution in [0.2, 0.25) is 0 Å². The number of carbonyl (C=O) groups is 1. The summed E-state index contributed by atoms with van der Waals surface area (Å²) in [4.78, 5) is 17.8. The van der Waals surface area contributed by atoms with E-state index in [1.807, 2.05) is 13.8 Å². The minimum atomic E-state index is -0.0149. The largest absolute Gasteiger partial charge is 0.339 e. The van der Waals surface area contributed by atoms with Crippen LogP contribution in [0.15, 0.2) is 18.5 Å². The van der Waals surface area contributed by atoms with E-state index in [-0.39, 0.29) is 5.91 Å². The van der Waals surface area contributed by atoms with E-state index in [9.17, 15) is 4.79 Å². The highest BCUT2D eigenvalue weighted by Gasteiger charge is 2.12. The molecule has 1 heterocycles. The van der Waals surface area contributed by atoms with Crippen molar-refractivity contribution in [1.82, 2.24) is 9.88 Å². The summed E-state index contributed by atoms with van der Waals surface area (Å²) in [5.41, 5.74) is 6.58. The number of nitrogens with zero attached hydrogens (tertiary/aromatic N) is 2. The van der Waals surface area contributed by atoms with Crippen molar-refractivity contribution in [3.8, 4) is 11.8 Å². The second kappa shape index (κ2) is 6.66. The van der Waals surface area contributed by atoms with E-state index in [4.69, 9.17) is 5.73 Å². The number of amides is 1. The third-order valence-electron chi connectivity index (χ3n) is 2.37. The Kier molecular flexibility index (Phi) is 5.18. The monoisotopic (exact) mass is 231 g/mol. The Hall–Kier alpha value is -1.86. The molecule has 1 amide bonds. The maximum atomic E-state index is 12.0. The van der Waals surface area contributed by atoms with Gasteiger partial charge in [0, 0.05) is 31.0 Å². The smallest absolute Gasteiger partial charge is 0.255 e. The van der Waals surface area contributed by atoms with Crippen LogP contribution in [0.25, 0.3) is 0 Å². The fraction of sp³-hybridized carbons (Fsp3) is 0.385. The number of pyridine rings is 1. The minimum absolute atomic E-state index is 0.0149. The molecule has 0 aliphatic heterocycles. The Bertz CT molecular complexity index is 441. The van der Waals surface area contributed by atoms with E-state index < -0.39 is 0 Å². The predicted molar refractivity (Wildman–Crippen MR) is 67.4 cm³/mol. The van der Waals surface area contributed by atoms with Crippen molar-refractivity contribution in [2.24, 2.45) is 5.73 Å². The number of aromatic nitrogens is 1. The first-order valence-electron chi connectivity index (χ1n) is 5.66. The molecular formula is C13H17N3O. The third-order valence-corrected chi connectivity index (χ3v) is 2.37. The van der Waals surface area contributed by atoms with Gasteiger partial charge in [0.2, 0.25) is 0 Å². The number of nitrogens with two attached hydrogens (primary N) is 1.